The molecule has 0 atom stereocenters. The summed E-state index contributed by atoms with van der Waals surface area (Å²) in [7, 11) is 1.48. The first-order valence-electron chi connectivity index (χ1n) is 7.65. The third-order valence-electron chi connectivity index (χ3n) is 3.78. The van der Waals surface area contributed by atoms with Crippen molar-refractivity contribution in [3.63, 3.8) is 0 Å². The third kappa shape index (κ3) is 3.96. The summed E-state index contributed by atoms with van der Waals surface area (Å²) in [5.41, 5.74) is 1.77. The second kappa shape index (κ2) is 6.79. The fraction of sp³-hybridized carbons (Fsp3) is 0.250. The fourth-order valence-electron chi connectivity index (χ4n) is 2.27. The number of carbonyl (C=O) groups is 1. The zero-order valence-electron chi connectivity index (χ0n) is 14.3. The third-order valence-corrected chi connectivity index (χ3v) is 3.78. The lowest BCUT2D eigenvalue weighted by atomic mass is 9.86. The molecule has 0 radical (unpaired) electrons. The summed E-state index contributed by atoms with van der Waals surface area (Å²) in [5, 5.41) is 20.0. The van der Waals surface area contributed by atoms with E-state index < -0.39 is 5.78 Å². The second-order valence-corrected chi connectivity index (χ2v) is 6.60. The van der Waals surface area contributed by atoms with Gasteiger partial charge in [0.1, 0.15) is 17.3 Å². The Bertz CT molecular complexity index is 765. The SMILES string of the molecule is COc1ccc(O)c(C(=O)/C=C(\O)c2ccc(C(C)(C)C)cc2)c1. The molecule has 0 saturated heterocycles. The fourth-order valence-corrected chi connectivity index (χ4v) is 2.27. The molecule has 0 heterocycles. The van der Waals surface area contributed by atoms with E-state index in [1.807, 2.05) is 12.1 Å². The Morgan fingerprint density at radius 2 is 1.71 bits per heavy atom. The highest BCUT2D eigenvalue weighted by atomic mass is 16.5. The average molecular weight is 326 g/mol. The molecule has 4 nitrogen and oxygen atoms in total. The van der Waals surface area contributed by atoms with Gasteiger partial charge in [-0.05, 0) is 29.2 Å². The predicted octanol–water partition coefficient (Wildman–Crippen LogP) is 4.48. The van der Waals surface area contributed by atoms with Crippen LogP contribution in [-0.2, 0) is 5.41 Å². The van der Waals surface area contributed by atoms with Crippen LogP contribution in [0, 0.1) is 0 Å². The van der Waals surface area contributed by atoms with E-state index in [9.17, 15) is 15.0 Å². The molecule has 0 bridgehead atoms. The summed E-state index contributed by atoms with van der Waals surface area (Å²) in [4.78, 5) is 12.3. The first-order chi connectivity index (χ1) is 11.2. The van der Waals surface area contributed by atoms with Gasteiger partial charge in [-0.3, -0.25) is 4.79 Å². The molecule has 0 aromatic heterocycles. The van der Waals surface area contributed by atoms with Crippen LogP contribution in [0.2, 0.25) is 0 Å². The normalized spacial score (nSPS) is 12.1. The zero-order valence-corrected chi connectivity index (χ0v) is 14.3. The van der Waals surface area contributed by atoms with Crippen molar-refractivity contribution in [2.75, 3.05) is 7.11 Å². The number of allylic oxidation sites excluding steroid dienone is 1. The molecule has 2 rings (SSSR count). The van der Waals surface area contributed by atoms with Gasteiger partial charge in [0.15, 0.2) is 5.78 Å². The summed E-state index contributed by atoms with van der Waals surface area (Å²) in [5.74, 6) is -0.349. The van der Waals surface area contributed by atoms with Crippen molar-refractivity contribution in [3.8, 4) is 11.5 Å². The van der Waals surface area contributed by atoms with E-state index in [0.717, 1.165) is 11.6 Å². The van der Waals surface area contributed by atoms with Crippen LogP contribution < -0.4 is 4.74 Å². The van der Waals surface area contributed by atoms with Crippen LogP contribution in [0.15, 0.2) is 48.5 Å². The Balaban J connectivity index is 2.29. The number of carbonyl (C=O) groups excluding carboxylic acids is 1. The second-order valence-electron chi connectivity index (χ2n) is 6.60. The predicted molar refractivity (Wildman–Crippen MR) is 94.7 cm³/mol. The highest BCUT2D eigenvalue weighted by Crippen LogP contribution is 2.26. The highest BCUT2D eigenvalue weighted by Gasteiger charge is 2.15. The Morgan fingerprint density at radius 1 is 1.08 bits per heavy atom. The van der Waals surface area contributed by atoms with Gasteiger partial charge >= 0.3 is 0 Å². The number of benzene rings is 2. The average Bonchev–Trinajstić information content (AvgIpc) is 2.54. The van der Waals surface area contributed by atoms with E-state index in [1.165, 1.54) is 19.2 Å². The van der Waals surface area contributed by atoms with Gasteiger partial charge in [0, 0.05) is 11.6 Å². The van der Waals surface area contributed by atoms with Gasteiger partial charge in [-0.25, -0.2) is 0 Å². The molecular weight excluding hydrogens is 304 g/mol. The van der Waals surface area contributed by atoms with E-state index in [4.69, 9.17) is 4.74 Å². The molecular formula is C20H22O4. The molecule has 24 heavy (non-hydrogen) atoms. The number of aliphatic hydroxyl groups excluding tert-OH is 1. The molecule has 0 saturated carbocycles. The molecule has 0 amide bonds. The summed E-state index contributed by atoms with van der Waals surface area (Å²) in [6.07, 6.45) is 1.10. The van der Waals surface area contributed by atoms with E-state index in [-0.39, 0.29) is 22.5 Å². The van der Waals surface area contributed by atoms with Crippen LogP contribution in [0.5, 0.6) is 11.5 Å². The van der Waals surface area contributed by atoms with Gasteiger partial charge in [0.2, 0.25) is 0 Å². The molecule has 4 heteroatoms. The Labute approximate surface area is 142 Å². The summed E-state index contributed by atoms with van der Waals surface area (Å²) in [6.45, 7) is 6.31. The van der Waals surface area contributed by atoms with Crippen LogP contribution in [0.1, 0.15) is 42.3 Å². The molecule has 2 N–H and O–H groups in total. The van der Waals surface area contributed by atoms with Crippen molar-refractivity contribution < 1.29 is 19.7 Å². The van der Waals surface area contributed by atoms with Crippen LogP contribution in [-0.4, -0.2) is 23.1 Å². The lowest BCUT2D eigenvalue weighted by Gasteiger charge is -2.19. The zero-order chi connectivity index (χ0) is 17.9. The van der Waals surface area contributed by atoms with Crippen LogP contribution in [0.4, 0.5) is 0 Å². The lowest BCUT2D eigenvalue weighted by Crippen LogP contribution is -2.10. The van der Waals surface area contributed by atoms with Crippen molar-refractivity contribution in [1.29, 1.82) is 0 Å². The summed E-state index contributed by atoms with van der Waals surface area (Å²) < 4.78 is 5.05. The number of aromatic hydroxyl groups is 1. The van der Waals surface area contributed by atoms with Crippen molar-refractivity contribution in [3.05, 3.63) is 65.2 Å². The number of hydrogen-bond acceptors (Lipinski definition) is 4. The standard InChI is InChI=1S/C20H22O4/c1-20(2,3)14-7-5-13(6-8-14)18(22)12-19(23)16-11-15(24-4)9-10-17(16)21/h5-12,21-22H,1-4H3/b18-12-. The number of methoxy groups -OCH3 is 1. The summed E-state index contributed by atoms with van der Waals surface area (Å²) >= 11 is 0. The summed E-state index contributed by atoms with van der Waals surface area (Å²) in [6, 6.07) is 11.8. The number of rotatable bonds is 4. The Kier molecular flexibility index (Phi) is 4.98. The van der Waals surface area contributed by atoms with Crippen molar-refractivity contribution >= 4 is 11.5 Å². The monoisotopic (exact) mass is 326 g/mol. The smallest absolute Gasteiger partial charge is 0.193 e. The van der Waals surface area contributed by atoms with E-state index >= 15 is 0 Å². The molecule has 126 valence electrons. The first kappa shape index (κ1) is 17.6. The molecule has 0 unspecified atom stereocenters. The number of ketones is 1. The minimum atomic E-state index is -0.496. The van der Waals surface area contributed by atoms with Crippen molar-refractivity contribution in [1.82, 2.24) is 0 Å². The van der Waals surface area contributed by atoms with E-state index in [0.29, 0.717) is 11.3 Å². The quantitative estimate of drug-likeness (QED) is 0.494. The van der Waals surface area contributed by atoms with Gasteiger partial charge in [0.25, 0.3) is 0 Å². The molecule has 0 aliphatic carbocycles. The first-order valence-corrected chi connectivity index (χ1v) is 7.65. The molecule has 2 aromatic rings. The Hall–Kier alpha value is -2.75. The largest absolute Gasteiger partial charge is 0.507 e. The number of phenolic OH excluding ortho intramolecular Hbond substituents is 1. The number of aliphatic hydroxyl groups is 1. The van der Waals surface area contributed by atoms with Gasteiger partial charge in [-0.1, -0.05) is 45.0 Å². The highest BCUT2D eigenvalue weighted by molar-refractivity contribution is 6.09. The van der Waals surface area contributed by atoms with Gasteiger partial charge < -0.3 is 14.9 Å². The number of hydrogen-bond donors (Lipinski definition) is 2. The number of ether oxygens (including phenoxy) is 1. The number of phenols is 1. The maximum Gasteiger partial charge on any atom is 0.193 e. The van der Waals surface area contributed by atoms with Crippen molar-refractivity contribution in [2.24, 2.45) is 0 Å². The molecule has 0 aliphatic rings. The molecule has 0 fully saturated rings. The minimum absolute atomic E-state index is 0.0140. The molecule has 2 aromatic carbocycles. The topological polar surface area (TPSA) is 66.8 Å². The van der Waals surface area contributed by atoms with E-state index in [1.54, 1.807) is 18.2 Å². The van der Waals surface area contributed by atoms with Crippen molar-refractivity contribution in [2.45, 2.75) is 26.2 Å². The minimum Gasteiger partial charge on any atom is -0.507 e. The lowest BCUT2D eigenvalue weighted by molar-refractivity contribution is 0.104. The maximum absolute atomic E-state index is 12.3. The molecule has 0 spiro atoms. The Morgan fingerprint density at radius 3 is 2.25 bits per heavy atom. The van der Waals surface area contributed by atoms with Gasteiger partial charge in [-0.15, -0.1) is 0 Å². The molecule has 0 aliphatic heterocycles. The van der Waals surface area contributed by atoms with Gasteiger partial charge in [0.05, 0.1) is 12.7 Å². The van der Waals surface area contributed by atoms with Gasteiger partial charge in [-0.2, -0.15) is 0 Å². The van der Waals surface area contributed by atoms with Crippen LogP contribution in [0.25, 0.3) is 5.76 Å². The van der Waals surface area contributed by atoms with Crippen LogP contribution >= 0.6 is 0 Å². The maximum atomic E-state index is 12.3. The van der Waals surface area contributed by atoms with E-state index in [2.05, 4.69) is 20.8 Å². The van der Waals surface area contributed by atoms with Crippen LogP contribution in [0.3, 0.4) is 0 Å².